The van der Waals surface area contributed by atoms with Crippen LogP contribution in [-0.2, 0) is 0 Å². The van der Waals surface area contributed by atoms with Crippen LogP contribution in [0, 0.1) is 0 Å². The summed E-state index contributed by atoms with van der Waals surface area (Å²) in [5, 5.41) is 3.41. The lowest BCUT2D eigenvalue weighted by Crippen LogP contribution is -2.42. The average Bonchev–Trinajstić information content (AvgIpc) is 2.52. The van der Waals surface area contributed by atoms with Gasteiger partial charge < -0.3 is 15.1 Å². The molecule has 0 bridgehead atoms. The molecular formula is C17H29IN4. The van der Waals surface area contributed by atoms with Crippen molar-refractivity contribution in [1.29, 1.82) is 0 Å². The van der Waals surface area contributed by atoms with Crippen LogP contribution in [0.3, 0.4) is 0 Å². The second kappa shape index (κ2) is 12.3. The van der Waals surface area contributed by atoms with Crippen LogP contribution < -0.4 is 10.2 Å². The summed E-state index contributed by atoms with van der Waals surface area (Å²) in [6.07, 6.45) is 4.10. The molecule has 1 aromatic carbocycles. The number of hydrogen-bond donors (Lipinski definition) is 1. The molecule has 1 aromatic rings. The summed E-state index contributed by atoms with van der Waals surface area (Å²) >= 11 is 0. The second-order valence-corrected chi connectivity index (χ2v) is 5.08. The number of allylic oxidation sites excluding steroid dienone is 1. The molecule has 124 valence electrons. The first kappa shape index (κ1) is 20.8. The third-order valence-electron chi connectivity index (χ3n) is 3.40. The SMILES string of the molecule is C=CCCCN(C)C(=NC)NCCN(C)c1ccccc1.I. The zero-order valence-corrected chi connectivity index (χ0v) is 16.3. The van der Waals surface area contributed by atoms with Gasteiger partial charge in [0.1, 0.15) is 0 Å². The molecule has 4 nitrogen and oxygen atoms in total. The van der Waals surface area contributed by atoms with Gasteiger partial charge in [0.15, 0.2) is 5.96 Å². The van der Waals surface area contributed by atoms with E-state index >= 15 is 0 Å². The lowest BCUT2D eigenvalue weighted by Gasteiger charge is -2.24. The van der Waals surface area contributed by atoms with Gasteiger partial charge in [-0.3, -0.25) is 4.99 Å². The van der Waals surface area contributed by atoms with Crippen LogP contribution >= 0.6 is 24.0 Å². The third-order valence-corrected chi connectivity index (χ3v) is 3.40. The monoisotopic (exact) mass is 416 g/mol. The molecule has 0 aromatic heterocycles. The molecular weight excluding hydrogens is 387 g/mol. The quantitative estimate of drug-likeness (QED) is 0.232. The van der Waals surface area contributed by atoms with Crippen molar-refractivity contribution in [3.05, 3.63) is 43.0 Å². The van der Waals surface area contributed by atoms with Crippen LogP contribution in [0.1, 0.15) is 12.8 Å². The maximum absolute atomic E-state index is 4.32. The van der Waals surface area contributed by atoms with Gasteiger partial charge in [-0.25, -0.2) is 0 Å². The van der Waals surface area contributed by atoms with Gasteiger partial charge in [0.25, 0.3) is 0 Å². The summed E-state index contributed by atoms with van der Waals surface area (Å²) in [5.74, 6) is 0.945. The maximum Gasteiger partial charge on any atom is 0.193 e. The Morgan fingerprint density at radius 1 is 1.23 bits per heavy atom. The minimum Gasteiger partial charge on any atom is -0.373 e. The highest BCUT2D eigenvalue weighted by Crippen LogP contribution is 2.09. The lowest BCUT2D eigenvalue weighted by molar-refractivity contribution is 0.470. The van der Waals surface area contributed by atoms with Crippen LogP contribution in [0.5, 0.6) is 0 Å². The van der Waals surface area contributed by atoms with E-state index in [0.29, 0.717) is 0 Å². The smallest absolute Gasteiger partial charge is 0.193 e. The molecule has 0 unspecified atom stereocenters. The fourth-order valence-corrected chi connectivity index (χ4v) is 2.11. The van der Waals surface area contributed by atoms with Crippen LogP contribution in [0.25, 0.3) is 0 Å². The molecule has 0 saturated carbocycles. The summed E-state index contributed by atoms with van der Waals surface area (Å²) in [6, 6.07) is 10.4. The van der Waals surface area contributed by atoms with Crippen molar-refractivity contribution in [1.82, 2.24) is 10.2 Å². The van der Waals surface area contributed by atoms with E-state index in [4.69, 9.17) is 0 Å². The number of anilines is 1. The number of halogens is 1. The number of unbranched alkanes of at least 4 members (excludes halogenated alkanes) is 1. The Labute approximate surface area is 152 Å². The number of likely N-dealkylation sites (N-methyl/N-ethyl adjacent to an activating group) is 1. The second-order valence-electron chi connectivity index (χ2n) is 5.08. The highest BCUT2D eigenvalue weighted by Gasteiger charge is 2.05. The number of guanidine groups is 1. The Bertz CT molecular complexity index is 434. The van der Waals surface area contributed by atoms with Crippen molar-refractivity contribution in [2.45, 2.75) is 12.8 Å². The van der Waals surface area contributed by atoms with Gasteiger partial charge in [0, 0.05) is 46.5 Å². The van der Waals surface area contributed by atoms with E-state index in [-0.39, 0.29) is 24.0 Å². The summed E-state index contributed by atoms with van der Waals surface area (Å²) in [6.45, 7) is 6.54. The molecule has 0 radical (unpaired) electrons. The number of aliphatic imine (C=N–C) groups is 1. The molecule has 1 N–H and O–H groups in total. The van der Waals surface area contributed by atoms with Gasteiger partial charge in [0.05, 0.1) is 0 Å². The predicted octanol–water partition coefficient (Wildman–Crippen LogP) is 3.21. The fraction of sp³-hybridized carbons (Fsp3) is 0.471. The van der Waals surface area contributed by atoms with Gasteiger partial charge in [-0.15, -0.1) is 30.6 Å². The van der Waals surface area contributed by atoms with Crippen molar-refractivity contribution < 1.29 is 0 Å². The van der Waals surface area contributed by atoms with Crippen molar-refractivity contribution in [2.24, 2.45) is 4.99 Å². The number of para-hydroxylation sites is 1. The van der Waals surface area contributed by atoms with Crippen LogP contribution in [0.2, 0.25) is 0 Å². The van der Waals surface area contributed by atoms with Crippen LogP contribution in [-0.4, -0.2) is 51.6 Å². The molecule has 0 saturated heterocycles. The van der Waals surface area contributed by atoms with Crippen LogP contribution in [0.4, 0.5) is 5.69 Å². The van der Waals surface area contributed by atoms with Crippen molar-refractivity contribution in [3.63, 3.8) is 0 Å². The normalized spacial score (nSPS) is 10.6. The number of nitrogens with one attached hydrogen (secondary N) is 1. The number of nitrogens with zero attached hydrogens (tertiary/aromatic N) is 3. The maximum atomic E-state index is 4.32. The Kier molecular flexibility index (Phi) is 11.6. The summed E-state index contributed by atoms with van der Waals surface area (Å²) in [5.41, 5.74) is 1.23. The first-order valence-electron chi connectivity index (χ1n) is 7.48. The molecule has 0 atom stereocenters. The van der Waals surface area contributed by atoms with Crippen molar-refractivity contribution in [2.75, 3.05) is 45.7 Å². The summed E-state index contributed by atoms with van der Waals surface area (Å²) in [4.78, 5) is 8.72. The zero-order valence-electron chi connectivity index (χ0n) is 14.0. The standard InChI is InChI=1S/C17H28N4.HI/c1-5-6-10-14-21(4)17(18-2)19-13-15-20(3)16-11-8-7-9-12-16;/h5,7-9,11-12H,1,6,10,13-15H2,2-4H3,(H,18,19);1H. The van der Waals surface area contributed by atoms with E-state index in [2.05, 4.69) is 65.0 Å². The number of rotatable bonds is 8. The van der Waals surface area contributed by atoms with Crippen molar-refractivity contribution in [3.8, 4) is 0 Å². The molecule has 5 heteroatoms. The Morgan fingerprint density at radius 3 is 2.50 bits per heavy atom. The molecule has 0 fully saturated rings. The number of hydrogen-bond acceptors (Lipinski definition) is 2. The molecule has 1 rings (SSSR count). The molecule has 22 heavy (non-hydrogen) atoms. The van der Waals surface area contributed by atoms with E-state index in [1.165, 1.54) is 5.69 Å². The number of benzene rings is 1. The average molecular weight is 416 g/mol. The molecule has 0 spiro atoms. The Balaban J connectivity index is 0.00000441. The predicted molar refractivity (Wildman–Crippen MR) is 109 cm³/mol. The Morgan fingerprint density at radius 2 is 1.91 bits per heavy atom. The Hall–Kier alpha value is -1.24. The minimum absolute atomic E-state index is 0. The highest BCUT2D eigenvalue weighted by molar-refractivity contribution is 14.0. The summed E-state index contributed by atoms with van der Waals surface area (Å²) in [7, 11) is 6.00. The summed E-state index contributed by atoms with van der Waals surface area (Å²) < 4.78 is 0. The first-order chi connectivity index (χ1) is 10.2. The van der Waals surface area contributed by atoms with Gasteiger partial charge in [0.2, 0.25) is 0 Å². The van der Waals surface area contributed by atoms with E-state index < -0.39 is 0 Å². The van der Waals surface area contributed by atoms with E-state index in [9.17, 15) is 0 Å². The highest BCUT2D eigenvalue weighted by atomic mass is 127. The van der Waals surface area contributed by atoms with Gasteiger partial charge in [-0.2, -0.15) is 0 Å². The van der Waals surface area contributed by atoms with Gasteiger partial charge in [-0.05, 0) is 25.0 Å². The van der Waals surface area contributed by atoms with Gasteiger partial charge >= 0.3 is 0 Å². The molecule has 0 amide bonds. The molecule has 0 aliphatic rings. The topological polar surface area (TPSA) is 30.9 Å². The fourth-order valence-electron chi connectivity index (χ4n) is 2.11. The first-order valence-corrected chi connectivity index (χ1v) is 7.48. The van der Waals surface area contributed by atoms with Gasteiger partial charge in [-0.1, -0.05) is 24.3 Å². The zero-order chi connectivity index (χ0) is 15.5. The van der Waals surface area contributed by atoms with E-state index in [0.717, 1.165) is 38.4 Å². The van der Waals surface area contributed by atoms with Crippen molar-refractivity contribution >= 4 is 35.6 Å². The van der Waals surface area contributed by atoms with E-state index in [1.807, 2.05) is 19.2 Å². The van der Waals surface area contributed by atoms with E-state index in [1.54, 1.807) is 0 Å². The third kappa shape index (κ3) is 7.68. The van der Waals surface area contributed by atoms with Crippen LogP contribution in [0.15, 0.2) is 48.0 Å². The lowest BCUT2D eigenvalue weighted by atomic mass is 10.3. The molecule has 0 heterocycles. The molecule has 0 aliphatic heterocycles. The molecule has 0 aliphatic carbocycles. The minimum atomic E-state index is 0. The largest absolute Gasteiger partial charge is 0.373 e.